The summed E-state index contributed by atoms with van der Waals surface area (Å²) >= 11 is 11.7. The highest BCUT2D eigenvalue weighted by Gasteiger charge is 2.17. The Kier molecular flexibility index (Phi) is 7.45. The molecule has 0 aliphatic heterocycles. The lowest BCUT2D eigenvalue weighted by atomic mass is 10.1. The summed E-state index contributed by atoms with van der Waals surface area (Å²) in [4.78, 5) is 27.9. The Labute approximate surface area is 238 Å². The van der Waals surface area contributed by atoms with Gasteiger partial charge in [-0.25, -0.2) is 4.98 Å². The number of fused-ring (bicyclic) bond motifs is 1. The molecule has 0 saturated carbocycles. The van der Waals surface area contributed by atoms with Crippen molar-refractivity contribution in [3.63, 3.8) is 0 Å². The number of anilines is 1. The third-order valence-corrected chi connectivity index (χ3v) is 6.44. The molecule has 200 valence electrons. The standard InChI is InChI=1S/C29H21ClN4O5S/c1-16-13-17(2)27-23(14-16)31-28(39-27)18-7-10-21(30)22(15-18)32-29(40)33-26(35)12-9-19-8-11-25(38-19)20-5-3-4-6-24(20)34(36)37/h3-15H,1-2H3,(H2,32,33,35,40). The van der Waals surface area contributed by atoms with Gasteiger partial charge in [0.15, 0.2) is 10.7 Å². The summed E-state index contributed by atoms with van der Waals surface area (Å²) in [5, 5.41) is 17.2. The molecule has 0 saturated heterocycles. The van der Waals surface area contributed by atoms with E-state index in [1.165, 1.54) is 18.2 Å². The number of oxazole rings is 1. The highest BCUT2D eigenvalue weighted by molar-refractivity contribution is 7.80. The largest absolute Gasteiger partial charge is 0.456 e. The average molecular weight is 573 g/mol. The number of halogens is 1. The Morgan fingerprint density at radius 3 is 2.67 bits per heavy atom. The molecular formula is C29H21ClN4O5S. The van der Waals surface area contributed by atoms with Crippen LogP contribution in [0.5, 0.6) is 0 Å². The number of carbonyl (C=O) groups is 1. The van der Waals surface area contributed by atoms with Crippen LogP contribution in [-0.4, -0.2) is 20.9 Å². The van der Waals surface area contributed by atoms with E-state index in [1.807, 2.05) is 26.0 Å². The van der Waals surface area contributed by atoms with E-state index >= 15 is 0 Å². The second-order valence-electron chi connectivity index (χ2n) is 8.90. The van der Waals surface area contributed by atoms with Gasteiger partial charge in [-0.1, -0.05) is 29.8 Å². The van der Waals surface area contributed by atoms with Crippen molar-refractivity contribution in [3.05, 3.63) is 105 Å². The molecule has 0 bridgehead atoms. The van der Waals surface area contributed by atoms with Gasteiger partial charge in [-0.05, 0) is 85.7 Å². The van der Waals surface area contributed by atoms with Crippen molar-refractivity contribution in [2.45, 2.75) is 13.8 Å². The molecule has 2 N–H and O–H groups in total. The minimum atomic E-state index is -0.516. The van der Waals surface area contributed by atoms with Gasteiger partial charge in [-0.3, -0.25) is 20.2 Å². The van der Waals surface area contributed by atoms with Gasteiger partial charge in [0.1, 0.15) is 17.0 Å². The molecule has 0 atom stereocenters. The van der Waals surface area contributed by atoms with Crippen molar-refractivity contribution >= 4 is 63.4 Å². The molecule has 11 heteroatoms. The van der Waals surface area contributed by atoms with Crippen molar-refractivity contribution in [1.29, 1.82) is 0 Å². The number of thiocarbonyl (C=S) groups is 1. The monoisotopic (exact) mass is 572 g/mol. The quantitative estimate of drug-likeness (QED) is 0.0929. The maximum atomic E-state index is 12.5. The van der Waals surface area contributed by atoms with Crippen LogP contribution in [0.25, 0.3) is 40.0 Å². The van der Waals surface area contributed by atoms with Crippen molar-refractivity contribution in [2.24, 2.45) is 0 Å². The second kappa shape index (κ2) is 11.1. The second-order valence-corrected chi connectivity index (χ2v) is 9.71. The van der Waals surface area contributed by atoms with Gasteiger partial charge in [0.2, 0.25) is 11.8 Å². The van der Waals surface area contributed by atoms with Gasteiger partial charge in [0.25, 0.3) is 5.69 Å². The lowest BCUT2D eigenvalue weighted by Gasteiger charge is -2.10. The number of nitro groups is 1. The van der Waals surface area contributed by atoms with Gasteiger partial charge in [0, 0.05) is 17.7 Å². The number of carbonyl (C=O) groups excluding carboxylic acids is 1. The summed E-state index contributed by atoms with van der Waals surface area (Å²) in [6.45, 7) is 3.97. The van der Waals surface area contributed by atoms with E-state index in [1.54, 1.807) is 48.5 Å². The normalized spacial score (nSPS) is 11.2. The first kappa shape index (κ1) is 26.8. The molecule has 0 unspecified atom stereocenters. The zero-order valence-corrected chi connectivity index (χ0v) is 22.8. The Bertz CT molecular complexity index is 1820. The predicted octanol–water partition coefficient (Wildman–Crippen LogP) is 7.46. The van der Waals surface area contributed by atoms with Crippen molar-refractivity contribution in [2.75, 3.05) is 5.32 Å². The van der Waals surface area contributed by atoms with E-state index in [0.29, 0.717) is 44.8 Å². The number of para-hydroxylation sites is 1. The average Bonchev–Trinajstić information content (AvgIpc) is 3.56. The Morgan fingerprint density at radius 2 is 1.88 bits per heavy atom. The van der Waals surface area contributed by atoms with Gasteiger partial charge >= 0.3 is 0 Å². The molecule has 40 heavy (non-hydrogen) atoms. The third kappa shape index (κ3) is 5.78. The van der Waals surface area contributed by atoms with Crippen LogP contribution in [0.3, 0.4) is 0 Å². The Balaban J connectivity index is 1.25. The molecule has 5 aromatic rings. The summed E-state index contributed by atoms with van der Waals surface area (Å²) in [5.41, 5.74) is 4.96. The van der Waals surface area contributed by atoms with E-state index in [-0.39, 0.29) is 10.8 Å². The van der Waals surface area contributed by atoms with Crippen LogP contribution in [0, 0.1) is 24.0 Å². The minimum absolute atomic E-state index is 0.0257. The number of rotatable bonds is 6. The van der Waals surface area contributed by atoms with Crippen LogP contribution >= 0.6 is 23.8 Å². The number of benzene rings is 3. The van der Waals surface area contributed by atoms with E-state index in [4.69, 9.17) is 32.7 Å². The van der Waals surface area contributed by atoms with Crippen LogP contribution in [0.15, 0.2) is 81.6 Å². The van der Waals surface area contributed by atoms with E-state index in [0.717, 1.165) is 16.6 Å². The lowest BCUT2D eigenvalue weighted by Crippen LogP contribution is -2.32. The maximum Gasteiger partial charge on any atom is 0.280 e. The first-order valence-electron chi connectivity index (χ1n) is 12.0. The molecule has 1 amide bonds. The zero-order valence-electron chi connectivity index (χ0n) is 21.2. The van der Waals surface area contributed by atoms with Crippen LogP contribution in [-0.2, 0) is 4.79 Å². The minimum Gasteiger partial charge on any atom is -0.456 e. The fourth-order valence-electron chi connectivity index (χ4n) is 4.15. The first-order chi connectivity index (χ1) is 19.2. The number of nitrogens with zero attached hydrogens (tertiary/aromatic N) is 2. The summed E-state index contributed by atoms with van der Waals surface area (Å²) in [7, 11) is 0. The SMILES string of the molecule is Cc1cc(C)c2oc(-c3ccc(Cl)c(NC(=S)NC(=O)C=Cc4ccc(-c5ccccc5[N+](=O)[O-])o4)c3)nc2c1. The van der Waals surface area contributed by atoms with Crippen molar-refractivity contribution < 1.29 is 18.6 Å². The van der Waals surface area contributed by atoms with Crippen LogP contribution in [0.2, 0.25) is 5.02 Å². The Hall–Kier alpha value is -4.80. The van der Waals surface area contributed by atoms with Crippen molar-refractivity contribution in [3.8, 4) is 22.8 Å². The van der Waals surface area contributed by atoms with Crippen LogP contribution in [0.1, 0.15) is 16.9 Å². The van der Waals surface area contributed by atoms with Crippen LogP contribution < -0.4 is 10.6 Å². The summed E-state index contributed by atoms with van der Waals surface area (Å²) < 4.78 is 11.7. The first-order valence-corrected chi connectivity index (χ1v) is 12.8. The van der Waals surface area contributed by atoms with Gasteiger partial charge in [-0.2, -0.15) is 0 Å². The lowest BCUT2D eigenvalue weighted by molar-refractivity contribution is -0.384. The maximum absolute atomic E-state index is 12.5. The molecule has 0 aliphatic rings. The van der Waals surface area contributed by atoms with E-state index in [2.05, 4.69) is 15.6 Å². The molecule has 0 fully saturated rings. The number of amides is 1. The summed E-state index contributed by atoms with van der Waals surface area (Å²) in [6.07, 6.45) is 2.66. The number of furan rings is 1. The van der Waals surface area contributed by atoms with Gasteiger partial charge in [0.05, 0.1) is 21.2 Å². The smallest absolute Gasteiger partial charge is 0.280 e. The molecule has 9 nitrogen and oxygen atoms in total. The fourth-order valence-corrected chi connectivity index (χ4v) is 4.52. The molecule has 5 rings (SSSR count). The molecule has 2 aromatic heterocycles. The van der Waals surface area contributed by atoms with Gasteiger partial charge < -0.3 is 14.2 Å². The fraction of sp³-hybridized carbons (Fsp3) is 0.0690. The van der Waals surface area contributed by atoms with Crippen LogP contribution in [0.4, 0.5) is 11.4 Å². The molecule has 0 radical (unpaired) electrons. The molecule has 0 spiro atoms. The number of aryl methyl sites for hydroxylation is 2. The molecule has 0 aliphatic carbocycles. The number of hydrogen-bond donors (Lipinski definition) is 2. The number of aromatic nitrogens is 1. The van der Waals surface area contributed by atoms with Crippen molar-refractivity contribution in [1.82, 2.24) is 10.3 Å². The van der Waals surface area contributed by atoms with E-state index < -0.39 is 10.8 Å². The summed E-state index contributed by atoms with van der Waals surface area (Å²) in [5.74, 6) is 0.558. The zero-order chi connectivity index (χ0) is 28.4. The molecule has 2 heterocycles. The Morgan fingerprint density at radius 1 is 1.07 bits per heavy atom. The predicted molar refractivity (Wildman–Crippen MR) is 158 cm³/mol. The molecule has 3 aromatic carbocycles. The highest BCUT2D eigenvalue weighted by atomic mass is 35.5. The topological polar surface area (TPSA) is 123 Å². The molecular weight excluding hydrogens is 552 g/mol. The third-order valence-electron chi connectivity index (χ3n) is 5.91. The number of nitro benzene ring substituents is 1. The number of hydrogen-bond acceptors (Lipinski definition) is 7. The summed E-state index contributed by atoms with van der Waals surface area (Å²) in [6, 6.07) is 18.6. The number of nitrogens with one attached hydrogen (secondary N) is 2. The van der Waals surface area contributed by atoms with E-state index in [9.17, 15) is 14.9 Å². The van der Waals surface area contributed by atoms with Gasteiger partial charge in [-0.15, -0.1) is 0 Å². The highest BCUT2D eigenvalue weighted by Crippen LogP contribution is 2.33.